The van der Waals surface area contributed by atoms with Crippen LogP contribution in [0.3, 0.4) is 0 Å². The van der Waals surface area contributed by atoms with E-state index in [1.165, 1.54) is 18.2 Å². The van der Waals surface area contributed by atoms with Gasteiger partial charge < -0.3 is 23.7 Å². The van der Waals surface area contributed by atoms with Crippen LogP contribution in [0.25, 0.3) is 16.7 Å². The Labute approximate surface area is 331 Å². The number of fused-ring (bicyclic) bond motifs is 1. The van der Waals surface area contributed by atoms with Crippen molar-refractivity contribution in [1.29, 1.82) is 0 Å². The number of aromatic nitrogens is 4. The predicted octanol–water partition coefficient (Wildman–Crippen LogP) is 9.95. The van der Waals surface area contributed by atoms with Crippen molar-refractivity contribution >= 4 is 22.5 Å². The van der Waals surface area contributed by atoms with Crippen LogP contribution in [0.1, 0.15) is 77.8 Å². The third kappa shape index (κ3) is 12.4. The molecule has 11 heteroatoms. The standard InChI is InChI=1S/C37H34FN5O5.4C2H6/c1-25-7-8-27-10-14-36(44)43(33(27)15-25)35-13-11-30(19-40-35)42(21-28-9-12-32(46-2)17-34(28)47-3)37(45)23-48-22-31-18-39-24-41(31)20-26-5-4-6-29(38)16-26;4*1-2/h4-19,24H,20-23H2,1-3H3;4*1-2H3. The molecule has 0 aliphatic rings. The van der Waals surface area contributed by atoms with Crippen LogP contribution in [-0.4, -0.2) is 45.8 Å². The second-order valence-electron chi connectivity index (χ2n) is 11.2. The molecule has 3 aromatic carbocycles. The van der Waals surface area contributed by atoms with Crippen LogP contribution in [0, 0.1) is 12.7 Å². The highest BCUT2D eigenvalue weighted by Crippen LogP contribution is 2.28. The number of anilines is 1. The highest BCUT2D eigenvalue weighted by molar-refractivity contribution is 5.94. The minimum atomic E-state index is -0.323. The van der Waals surface area contributed by atoms with Gasteiger partial charge >= 0.3 is 0 Å². The van der Waals surface area contributed by atoms with E-state index in [2.05, 4.69) is 9.97 Å². The number of hydrogen-bond donors (Lipinski definition) is 0. The smallest absolute Gasteiger partial charge is 0.256 e. The molecule has 0 atom stereocenters. The molecule has 6 aromatic rings. The third-order valence-corrected chi connectivity index (χ3v) is 7.97. The number of imidazole rings is 1. The van der Waals surface area contributed by atoms with Crippen molar-refractivity contribution < 1.29 is 23.4 Å². The summed E-state index contributed by atoms with van der Waals surface area (Å²) in [5.74, 6) is 0.963. The molecule has 0 radical (unpaired) electrons. The number of benzene rings is 3. The number of hydrogen-bond acceptors (Lipinski definition) is 7. The van der Waals surface area contributed by atoms with Crippen LogP contribution < -0.4 is 19.9 Å². The zero-order chi connectivity index (χ0) is 41.6. The van der Waals surface area contributed by atoms with Crippen molar-refractivity contribution in [3.8, 4) is 17.3 Å². The first-order valence-corrected chi connectivity index (χ1v) is 19.2. The molecule has 0 spiro atoms. The molecule has 6 rings (SSSR count). The van der Waals surface area contributed by atoms with Gasteiger partial charge in [-0.05, 0) is 72.0 Å². The van der Waals surface area contributed by atoms with Gasteiger partial charge in [0.25, 0.3) is 11.5 Å². The molecule has 0 aliphatic carbocycles. The largest absolute Gasteiger partial charge is 0.497 e. The van der Waals surface area contributed by atoms with Crippen molar-refractivity contribution in [2.45, 2.75) is 82.0 Å². The zero-order valence-corrected chi connectivity index (χ0v) is 34.8. The number of rotatable bonds is 12. The van der Waals surface area contributed by atoms with Crippen molar-refractivity contribution in [2.24, 2.45) is 0 Å². The molecule has 3 aromatic heterocycles. The lowest BCUT2D eigenvalue weighted by atomic mass is 10.1. The number of aryl methyl sites for hydroxylation is 1. The lowest BCUT2D eigenvalue weighted by Crippen LogP contribution is -2.34. The first kappa shape index (κ1) is 46.3. The van der Waals surface area contributed by atoms with Crippen molar-refractivity contribution in [3.63, 3.8) is 0 Å². The number of nitrogens with zero attached hydrogens (tertiary/aromatic N) is 5. The summed E-state index contributed by atoms with van der Waals surface area (Å²) in [5.41, 5.74) is 4.30. The molecular formula is C45H58FN5O5. The van der Waals surface area contributed by atoms with Crippen LogP contribution in [-0.2, 0) is 29.2 Å². The van der Waals surface area contributed by atoms with E-state index in [1.54, 1.807) is 78.8 Å². The molecule has 0 saturated carbocycles. The second kappa shape index (κ2) is 24.6. The minimum absolute atomic E-state index is 0.112. The summed E-state index contributed by atoms with van der Waals surface area (Å²) in [6.07, 6.45) is 4.87. The second-order valence-corrected chi connectivity index (χ2v) is 11.2. The quantitative estimate of drug-likeness (QED) is 0.122. The topological polar surface area (TPSA) is 101 Å². The first-order valence-electron chi connectivity index (χ1n) is 19.2. The molecule has 0 N–H and O–H groups in total. The van der Waals surface area contributed by atoms with Gasteiger partial charge in [-0.2, -0.15) is 0 Å². The molecule has 0 fully saturated rings. The maximum atomic E-state index is 13.8. The van der Waals surface area contributed by atoms with Gasteiger partial charge in [0.1, 0.15) is 29.7 Å². The van der Waals surface area contributed by atoms with Crippen molar-refractivity contribution in [3.05, 3.63) is 142 Å². The Morgan fingerprint density at radius 3 is 2.21 bits per heavy atom. The summed E-state index contributed by atoms with van der Waals surface area (Å²) < 4.78 is 34.0. The average molecular weight is 768 g/mol. The van der Waals surface area contributed by atoms with Gasteiger partial charge in [0.2, 0.25) is 0 Å². The number of pyridine rings is 2. The number of carbonyl (C=O) groups excluding carboxylic acids is 1. The fourth-order valence-corrected chi connectivity index (χ4v) is 5.49. The summed E-state index contributed by atoms with van der Waals surface area (Å²) in [6, 6.07) is 24.4. The normalized spacial score (nSPS) is 9.93. The van der Waals surface area contributed by atoms with Crippen molar-refractivity contribution in [1.82, 2.24) is 19.1 Å². The minimum Gasteiger partial charge on any atom is -0.497 e. The van der Waals surface area contributed by atoms with Crippen LogP contribution >= 0.6 is 0 Å². The van der Waals surface area contributed by atoms with Crippen LogP contribution in [0.15, 0.2) is 108 Å². The highest BCUT2D eigenvalue weighted by atomic mass is 19.1. The van der Waals surface area contributed by atoms with E-state index in [1.807, 2.05) is 97.2 Å². The molecule has 10 nitrogen and oxygen atoms in total. The van der Waals surface area contributed by atoms with Crippen LogP contribution in [0.5, 0.6) is 11.5 Å². The highest BCUT2D eigenvalue weighted by Gasteiger charge is 2.20. The van der Waals surface area contributed by atoms with E-state index in [9.17, 15) is 14.0 Å². The van der Waals surface area contributed by atoms with Gasteiger partial charge in [-0.15, -0.1) is 0 Å². The molecule has 0 aliphatic heterocycles. The van der Waals surface area contributed by atoms with Gasteiger partial charge in [0.15, 0.2) is 0 Å². The van der Waals surface area contributed by atoms with Crippen molar-refractivity contribution in [2.75, 3.05) is 25.7 Å². The van der Waals surface area contributed by atoms with Gasteiger partial charge in [0.05, 0.1) is 63.0 Å². The molecule has 56 heavy (non-hydrogen) atoms. The lowest BCUT2D eigenvalue weighted by molar-refractivity contribution is -0.123. The summed E-state index contributed by atoms with van der Waals surface area (Å²) in [6.45, 7) is 18.4. The summed E-state index contributed by atoms with van der Waals surface area (Å²) in [4.78, 5) is 37.2. The predicted molar refractivity (Wildman–Crippen MR) is 226 cm³/mol. The number of amides is 1. The Kier molecular flexibility index (Phi) is 20.3. The molecule has 1 amide bonds. The van der Waals surface area contributed by atoms with E-state index < -0.39 is 0 Å². The van der Waals surface area contributed by atoms with E-state index in [4.69, 9.17) is 14.2 Å². The molecule has 3 heterocycles. The van der Waals surface area contributed by atoms with E-state index >= 15 is 0 Å². The van der Waals surface area contributed by atoms with Gasteiger partial charge in [-0.25, -0.2) is 14.4 Å². The number of halogens is 1. The summed E-state index contributed by atoms with van der Waals surface area (Å²) in [5, 5.41) is 0.906. The average Bonchev–Trinajstić information content (AvgIpc) is 3.69. The molecule has 0 bridgehead atoms. The summed E-state index contributed by atoms with van der Waals surface area (Å²) >= 11 is 0. The SMILES string of the molecule is CC.CC.CC.CC.COc1ccc(CN(C(=O)COCc2cncn2Cc2cccc(F)c2)c2ccc(-n3c(=O)ccc4ccc(C)cc43)nc2)c(OC)c1. The van der Waals surface area contributed by atoms with E-state index in [-0.39, 0.29) is 37.0 Å². The third-order valence-electron chi connectivity index (χ3n) is 7.97. The van der Waals surface area contributed by atoms with E-state index in [0.29, 0.717) is 29.5 Å². The number of methoxy groups -OCH3 is 2. The Hall–Kier alpha value is -5.81. The maximum absolute atomic E-state index is 13.8. The maximum Gasteiger partial charge on any atom is 0.256 e. The Bertz CT molecular complexity index is 2130. The lowest BCUT2D eigenvalue weighted by Gasteiger charge is -2.24. The Morgan fingerprint density at radius 2 is 1.55 bits per heavy atom. The molecular weight excluding hydrogens is 710 g/mol. The summed E-state index contributed by atoms with van der Waals surface area (Å²) in [7, 11) is 3.13. The molecule has 0 saturated heterocycles. The van der Waals surface area contributed by atoms with Gasteiger partial charge in [-0.1, -0.05) is 79.7 Å². The fraction of sp³-hybridized carbons (Fsp3) is 0.333. The molecule has 0 unspecified atom stereocenters. The monoisotopic (exact) mass is 767 g/mol. The molecule has 300 valence electrons. The van der Waals surface area contributed by atoms with E-state index in [0.717, 1.165) is 33.3 Å². The zero-order valence-electron chi connectivity index (χ0n) is 34.8. The van der Waals surface area contributed by atoms with Gasteiger partial charge in [-0.3, -0.25) is 14.2 Å². The fourth-order valence-electron chi connectivity index (χ4n) is 5.49. The van der Waals surface area contributed by atoms with Crippen LogP contribution in [0.4, 0.5) is 10.1 Å². The van der Waals surface area contributed by atoms with Gasteiger partial charge in [0, 0.05) is 24.2 Å². The Morgan fingerprint density at radius 1 is 0.821 bits per heavy atom. The number of carbonyl (C=O) groups is 1. The van der Waals surface area contributed by atoms with Crippen LogP contribution in [0.2, 0.25) is 0 Å². The first-order chi connectivity index (χ1) is 27.3. The Balaban J connectivity index is 0.00000127. The number of ether oxygens (including phenoxy) is 3.